The van der Waals surface area contributed by atoms with Crippen LogP contribution in [0.15, 0.2) is 60.6 Å². The van der Waals surface area contributed by atoms with Crippen molar-refractivity contribution < 1.29 is 30.0 Å². The Labute approximate surface area is 269 Å². The molecule has 0 unspecified atom stereocenters. The van der Waals surface area contributed by atoms with Crippen molar-refractivity contribution >= 4 is 45.1 Å². The largest absolute Gasteiger partial charge is 0 e. The predicted molar refractivity (Wildman–Crippen MR) is 178 cm³/mol. The smallest absolute Gasteiger partial charge is 0 e. The van der Waals surface area contributed by atoms with Crippen molar-refractivity contribution in [3.63, 3.8) is 0 Å². The van der Waals surface area contributed by atoms with Gasteiger partial charge in [0.25, 0.3) is 0 Å². The minimum atomic E-state index is -2.04. The van der Waals surface area contributed by atoms with Gasteiger partial charge in [-0.2, -0.15) is 0 Å². The number of ketones is 1. The number of hydrogen-bond donors (Lipinski definition) is 1. The molecule has 0 saturated heterocycles. The summed E-state index contributed by atoms with van der Waals surface area (Å²) < 4.78 is 1.50. The molecular weight excluding hydrogens is 757 g/mol. The Kier molecular flexibility index (Phi) is 11.9. The van der Waals surface area contributed by atoms with Crippen molar-refractivity contribution in [2.75, 3.05) is 0 Å². The van der Waals surface area contributed by atoms with Gasteiger partial charge in [-0.3, -0.25) is 4.79 Å². The van der Waals surface area contributed by atoms with E-state index in [-0.39, 0.29) is 42.5 Å². The SMILES string of the molecule is CCC(C)(C)C(=O)/C=C(\O)C(C)(C)CC.Cc1[c-]c(-c2ncnc3c2ccc2ccc[c]([Ge]([CH3])([CH3])[CH3])c23)cc(C)c1.[Ir]. The van der Waals surface area contributed by atoms with Gasteiger partial charge in [-0.05, 0) is 12.8 Å². The molecule has 1 radical (unpaired) electrons. The van der Waals surface area contributed by atoms with Crippen molar-refractivity contribution in [3.8, 4) is 11.3 Å². The van der Waals surface area contributed by atoms with E-state index in [0.717, 1.165) is 40.6 Å². The number of aromatic nitrogens is 2. The molecule has 4 rings (SSSR count). The molecular formula is C36H47GeIrN2O2-. The summed E-state index contributed by atoms with van der Waals surface area (Å²) in [5.74, 6) is 7.51. The average molecular weight is 805 g/mol. The molecule has 42 heavy (non-hydrogen) atoms. The van der Waals surface area contributed by atoms with E-state index in [1.54, 1.807) is 6.33 Å². The molecule has 0 fully saturated rings. The summed E-state index contributed by atoms with van der Waals surface area (Å²) >= 11 is -2.04. The number of rotatable bonds is 7. The van der Waals surface area contributed by atoms with Crippen LogP contribution in [0.2, 0.25) is 17.3 Å². The molecule has 0 amide bonds. The van der Waals surface area contributed by atoms with Crippen LogP contribution in [0.4, 0.5) is 0 Å². The Morgan fingerprint density at radius 3 is 2.17 bits per heavy atom. The van der Waals surface area contributed by atoms with Crippen LogP contribution < -0.4 is 4.40 Å². The van der Waals surface area contributed by atoms with E-state index in [1.807, 2.05) is 41.5 Å². The molecule has 1 aromatic heterocycles. The van der Waals surface area contributed by atoms with Crippen LogP contribution in [-0.2, 0) is 24.9 Å². The second kappa shape index (κ2) is 14.0. The van der Waals surface area contributed by atoms with Gasteiger partial charge in [-0.15, -0.1) is 0 Å². The third-order valence-corrected chi connectivity index (χ3v) is 12.5. The van der Waals surface area contributed by atoms with Crippen LogP contribution in [0.25, 0.3) is 32.9 Å². The third kappa shape index (κ3) is 8.18. The number of aliphatic hydroxyl groups excluding tert-OH is 1. The number of carbonyl (C=O) groups excluding carboxylic acids is 1. The van der Waals surface area contributed by atoms with Gasteiger partial charge in [0.2, 0.25) is 0 Å². The zero-order valence-electron chi connectivity index (χ0n) is 27.2. The number of nitrogens with zero attached hydrogens (tertiary/aromatic N) is 2. The van der Waals surface area contributed by atoms with Gasteiger partial charge in [-0.25, -0.2) is 0 Å². The zero-order valence-corrected chi connectivity index (χ0v) is 31.7. The first kappa shape index (κ1) is 35.9. The fraction of sp³-hybridized carbons (Fsp3) is 0.417. The summed E-state index contributed by atoms with van der Waals surface area (Å²) in [6, 6.07) is 18.8. The van der Waals surface area contributed by atoms with Crippen LogP contribution in [0.5, 0.6) is 0 Å². The molecule has 0 aliphatic carbocycles. The standard InChI is InChI=1S/C23H23GeN2.C13H24O2.Ir/c1-15-11-16(2)13-18(12-15)22-19-10-9-17-7-6-8-20(24(3,4)5)21(17)23(19)26-14-25-22;1-7-12(3,4)10(14)9-11(15)13(5,6)8-2;/h6-12,14H,1-5H3;9,14H,7-8H2,1-6H3;/q-1;;/b;10-9-;. The maximum atomic E-state index is 11.8. The number of carbonyl (C=O) groups is 1. The van der Waals surface area contributed by atoms with E-state index >= 15 is 0 Å². The van der Waals surface area contributed by atoms with Crippen molar-refractivity contribution in [3.05, 3.63) is 77.8 Å². The average Bonchev–Trinajstić information content (AvgIpc) is 2.91. The summed E-state index contributed by atoms with van der Waals surface area (Å²) in [5.41, 5.74) is 4.77. The molecule has 4 nitrogen and oxygen atoms in total. The fourth-order valence-corrected chi connectivity index (χ4v) is 8.01. The minimum Gasteiger partial charge on any atom is 0 e. The Balaban J connectivity index is 0.000000334. The molecule has 3 aromatic carbocycles. The maximum Gasteiger partial charge on any atom is 0 e. The van der Waals surface area contributed by atoms with Crippen molar-refractivity contribution in [2.24, 2.45) is 10.8 Å². The molecule has 4 aromatic rings. The van der Waals surface area contributed by atoms with E-state index in [0.29, 0.717) is 0 Å². The monoisotopic (exact) mass is 806 g/mol. The van der Waals surface area contributed by atoms with Crippen molar-refractivity contribution in [1.29, 1.82) is 0 Å². The Morgan fingerprint density at radius 1 is 0.952 bits per heavy atom. The Morgan fingerprint density at radius 2 is 1.60 bits per heavy atom. The Bertz CT molecular complexity index is 1580. The summed E-state index contributed by atoms with van der Waals surface area (Å²) in [5, 5.41) is 13.5. The summed E-state index contributed by atoms with van der Waals surface area (Å²) in [7, 11) is 0. The quantitative estimate of drug-likeness (QED) is 0.0666. The van der Waals surface area contributed by atoms with Gasteiger partial charge in [0.15, 0.2) is 5.78 Å². The first-order valence-electron chi connectivity index (χ1n) is 14.6. The number of aliphatic hydroxyl groups is 1. The maximum absolute atomic E-state index is 11.8. The minimum absolute atomic E-state index is 0. The second-order valence-corrected chi connectivity index (χ2v) is 24.0. The van der Waals surface area contributed by atoms with Gasteiger partial charge in [-0.1, -0.05) is 41.5 Å². The topological polar surface area (TPSA) is 63.1 Å². The van der Waals surface area contributed by atoms with E-state index in [1.165, 1.54) is 26.8 Å². The van der Waals surface area contributed by atoms with Crippen LogP contribution >= 0.6 is 0 Å². The zero-order chi connectivity index (χ0) is 30.8. The van der Waals surface area contributed by atoms with Gasteiger partial charge >= 0.3 is 158 Å². The van der Waals surface area contributed by atoms with Crippen molar-refractivity contribution in [2.45, 2.75) is 85.5 Å². The van der Waals surface area contributed by atoms with Crippen LogP contribution in [0.1, 0.15) is 65.5 Å². The van der Waals surface area contributed by atoms with Crippen LogP contribution in [0.3, 0.4) is 0 Å². The molecule has 0 aliphatic heterocycles. The fourth-order valence-electron chi connectivity index (χ4n) is 4.63. The van der Waals surface area contributed by atoms with Crippen LogP contribution in [-0.4, -0.2) is 34.1 Å². The second-order valence-electron chi connectivity index (χ2n) is 13.5. The Hall–Kier alpha value is -2.34. The first-order chi connectivity index (χ1) is 19.0. The summed E-state index contributed by atoms with van der Waals surface area (Å²) in [4.78, 5) is 21.2. The van der Waals surface area contributed by atoms with E-state index < -0.39 is 13.3 Å². The van der Waals surface area contributed by atoms with E-state index in [4.69, 9.17) is 4.98 Å². The van der Waals surface area contributed by atoms with E-state index in [2.05, 4.69) is 84.6 Å². The first-order valence-corrected chi connectivity index (χ1v) is 22.0. The number of fused-ring (bicyclic) bond motifs is 3. The number of benzene rings is 3. The van der Waals surface area contributed by atoms with E-state index in [9.17, 15) is 9.90 Å². The molecule has 6 heteroatoms. The van der Waals surface area contributed by atoms with Gasteiger partial charge in [0.05, 0.1) is 0 Å². The molecule has 1 heterocycles. The van der Waals surface area contributed by atoms with Crippen molar-refractivity contribution in [1.82, 2.24) is 9.97 Å². The molecule has 0 atom stereocenters. The van der Waals surface area contributed by atoms with Gasteiger partial charge in [0, 0.05) is 37.0 Å². The molecule has 0 saturated carbocycles. The van der Waals surface area contributed by atoms with Gasteiger partial charge in [0.1, 0.15) is 5.76 Å². The van der Waals surface area contributed by atoms with Crippen LogP contribution in [0, 0.1) is 30.7 Å². The van der Waals surface area contributed by atoms with Gasteiger partial charge < -0.3 is 5.11 Å². The normalized spacial score (nSPS) is 12.5. The third-order valence-electron chi connectivity index (χ3n) is 8.25. The summed E-state index contributed by atoms with van der Waals surface area (Å²) in [6.45, 7) is 15.9. The molecule has 0 aliphatic rings. The summed E-state index contributed by atoms with van der Waals surface area (Å²) in [6.07, 6.45) is 4.69. The predicted octanol–water partition coefficient (Wildman–Crippen LogP) is 9.28. The number of allylic oxidation sites excluding steroid dienone is 2. The number of aryl methyl sites for hydroxylation is 2. The molecule has 227 valence electrons. The number of hydrogen-bond acceptors (Lipinski definition) is 4. The molecule has 1 N–H and O–H groups in total. The molecule has 0 bridgehead atoms. The molecule has 0 spiro atoms.